The van der Waals surface area contributed by atoms with Crippen molar-refractivity contribution in [3.05, 3.63) is 47.5 Å². The third-order valence-electron chi connectivity index (χ3n) is 4.27. The van der Waals surface area contributed by atoms with Crippen molar-refractivity contribution in [2.45, 2.75) is 45.3 Å². The van der Waals surface area contributed by atoms with Crippen molar-refractivity contribution in [1.82, 2.24) is 5.32 Å². The molecule has 3 rings (SSSR count). The van der Waals surface area contributed by atoms with Gasteiger partial charge in [0.2, 0.25) is 0 Å². The summed E-state index contributed by atoms with van der Waals surface area (Å²) in [6, 6.07) is 12.7. The van der Waals surface area contributed by atoms with Crippen LogP contribution in [0.3, 0.4) is 0 Å². The van der Waals surface area contributed by atoms with Crippen molar-refractivity contribution in [1.29, 1.82) is 0 Å². The average molecular weight is 326 g/mol. The fourth-order valence-corrected chi connectivity index (χ4v) is 3.03. The summed E-state index contributed by atoms with van der Waals surface area (Å²) in [5.74, 6) is 0. The van der Waals surface area contributed by atoms with E-state index in [1.54, 1.807) is 0 Å². The Balaban J connectivity index is 1.64. The normalized spacial score (nSPS) is 17.2. The quantitative estimate of drug-likeness (QED) is 0.829. The van der Waals surface area contributed by atoms with Gasteiger partial charge in [-0.25, -0.2) is 0 Å². The summed E-state index contributed by atoms with van der Waals surface area (Å²) in [4.78, 5) is 5.41. The van der Waals surface area contributed by atoms with Crippen LogP contribution in [0.1, 0.15) is 38.3 Å². The molecule has 2 N–H and O–H groups in total. The average Bonchev–Trinajstić information content (AvgIpc) is 2.96. The van der Waals surface area contributed by atoms with E-state index in [2.05, 4.69) is 67.6 Å². The van der Waals surface area contributed by atoms with E-state index in [-0.39, 0.29) is 12.1 Å². The number of aliphatic hydroxyl groups is 1. The topological polar surface area (TPSA) is 53.8 Å². The van der Waals surface area contributed by atoms with Crippen LogP contribution in [0.15, 0.2) is 41.6 Å². The van der Waals surface area contributed by atoms with Crippen molar-refractivity contribution >= 4 is 16.5 Å². The SMILES string of the molecule is CC(C)(C)NCC(O)CON=C1CCc2c1ccc1ccccc21. The Kier molecular flexibility index (Phi) is 4.88. The molecule has 24 heavy (non-hydrogen) atoms. The first-order valence-corrected chi connectivity index (χ1v) is 8.57. The van der Waals surface area contributed by atoms with Gasteiger partial charge in [0.05, 0.1) is 5.71 Å². The number of aliphatic hydroxyl groups excluding tert-OH is 1. The van der Waals surface area contributed by atoms with Crippen molar-refractivity contribution < 1.29 is 9.94 Å². The van der Waals surface area contributed by atoms with Gasteiger partial charge in [-0.15, -0.1) is 0 Å². The van der Waals surface area contributed by atoms with E-state index >= 15 is 0 Å². The minimum Gasteiger partial charge on any atom is -0.393 e. The van der Waals surface area contributed by atoms with Gasteiger partial charge in [0.1, 0.15) is 12.7 Å². The number of nitrogens with zero attached hydrogens (tertiary/aromatic N) is 1. The smallest absolute Gasteiger partial charge is 0.144 e. The van der Waals surface area contributed by atoms with Crippen LogP contribution in [0.25, 0.3) is 10.8 Å². The minimum absolute atomic E-state index is 0.0156. The Morgan fingerprint density at radius 1 is 1.17 bits per heavy atom. The van der Waals surface area contributed by atoms with Crippen LogP contribution in [0.4, 0.5) is 0 Å². The van der Waals surface area contributed by atoms with E-state index in [1.807, 2.05) is 0 Å². The van der Waals surface area contributed by atoms with Crippen LogP contribution in [0.2, 0.25) is 0 Å². The van der Waals surface area contributed by atoms with Gasteiger partial charge in [-0.1, -0.05) is 41.6 Å². The zero-order valence-corrected chi connectivity index (χ0v) is 14.7. The van der Waals surface area contributed by atoms with Gasteiger partial charge in [-0.05, 0) is 49.9 Å². The van der Waals surface area contributed by atoms with Crippen LogP contribution >= 0.6 is 0 Å². The first kappa shape index (κ1) is 16.9. The van der Waals surface area contributed by atoms with E-state index in [0.717, 1.165) is 18.6 Å². The molecule has 0 saturated heterocycles. The van der Waals surface area contributed by atoms with Gasteiger partial charge in [0, 0.05) is 17.6 Å². The Labute approximate surface area is 143 Å². The highest BCUT2D eigenvalue weighted by Gasteiger charge is 2.20. The lowest BCUT2D eigenvalue weighted by atomic mass is 10.0. The number of oxime groups is 1. The molecule has 0 radical (unpaired) electrons. The van der Waals surface area contributed by atoms with Crippen LogP contribution in [-0.2, 0) is 11.3 Å². The molecule has 0 spiro atoms. The van der Waals surface area contributed by atoms with Crippen LogP contribution in [0.5, 0.6) is 0 Å². The predicted molar refractivity (Wildman–Crippen MR) is 98.5 cm³/mol. The van der Waals surface area contributed by atoms with E-state index in [0.29, 0.717) is 6.54 Å². The number of hydrogen-bond donors (Lipinski definition) is 2. The summed E-state index contributed by atoms with van der Waals surface area (Å²) in [6.07, 6.45) is 1.32. The number of β-amino-alcohol motifs (C(OH)–C–C–N with tert-alkyl or cyclic N) is 1. The molecule has 2 aromatic rings. The Morgan fingerprint density at radius 2 is 1.96 bits per heavy atom. The molecule has 0 saturated carbocycles. The summed E-state index contributed by atoms with van der Waals surface area (Å²) >= 11 is 0. The van der Waals surface area contributed by atoms with Crippen LogP contribution in [-0.4, -0.2) is 35.6 Å². The summed E-state index contributed by atoms with van der Waals surface area (Å²) in [5.41, 5.74) is 3.49. The molecule has 0 bridgehead atoms. The second-order valence-electron chi connectivity index (χ2n) is 7.43. The lowest BCUT2D eigenvalue weighted by Crippen LogP contribution is -2.42. The first-order chi connectivity index (χ1) is 11.4. The van der Waals surface area contributed by atoms with Crippen molar-refractivity contribution in [3.8, 4) is 0 Å². The molecule has 1 aliphatic carbocycles. The minimum atomic E-state index is -0.564. The van der Waals surface area contributed by atoms with Gasteiger partial charge in [-0.2, -0.15) is 0 Å². The maximum Gasteiger partial charge on any atom is 0.144 e. The Morgan fingerprint density at radius 3 is 2.75 bits per heavy atom. The van der Waals surface area contributed by atoms with Gasteiger partial charge >= 0.3 is 0 Å². The van der Waals surface area contributed by atoms with E-state index in [9.17, 15) is 5.11 Å². The molecule has 0 amide bonds. The van der Waals surface area contributed by atoms with Crippen LogP contribution in [0, 0.1) is 0 Å². The fourth-order valence-electron chi connectivity index (χ4n) is 3.03. The molecule has 1 aliphatic rings. The molecule has 1 atom stereocenters. The van der Waals surface area contributed by atoms with E-state index in [4.69, 9.17) is 4.84 Å². The van der Waals surface area contributed by atoms with Gasteiger partial charge < -0.3 is 15.3 Å². The summed E-state index contributed by atoms with van der Waals surface area (Å²) in [5, 5.41) is 20.1. The third-order valence-corrected chi connectivity index (χ3v) is 4.27. The molecular formula is C20H26N2O2. The maximum atomic E-state index is 9.97. The Hall–Kier alpha value is -1.91. The van der Waals surface area contributed by atoms with Crippen molar-refractivity contribution in [2.24, 2.45) is 5.16 Å². The van der Waals surface area contributed by atoms with E-state index < -0.39 is 6.10 Å². The maximum absolute atomic E-state index is 9.97. The van der Waals surface area contributed by atoms with Crippen LogP contribution < -0.4 is 5.32 Å². The lowest BCUT2D eigenvalue weighted by molar-refractivity contribution is 0.0371. The predicted octanol–water partition coefficient (Wildman–Crippen LogP) is 3.26. The van der Waals surface area contributed by atoms with Gasteiger partial charge in [-0.3, -0.25) is 0 Å². The molecule has 0 aliphatic heterocycles. The third kappa shape index (κ3) is 3.94. The summed E-state index contributed by atoms with van der Waals surface area (Å²) in [6.45, 7) is 6.91. The molecule has 0 fully saturated rings. The highest BCUT2D eigenvalue weighted by atomic mass is 16.6. The van der Waals surface area contributed by atoms with Crippen molar-refractivity contribution in [3.63, 3.8) is 0 Å². The molecule has 128 valence electrons. The largest absolute Gasteiger partial charge is 0.393 e. The number of fused-ring (bicyclic) bond motifs is 3. The standard InChI is InChI=1S/C20H26N2O2/c1-20(2,3)21-12-15(23)13-24-22-19-11-10-17-16-7-5-4-6-14(16)8-9-18(17)19/h4-9,15,21,23H,10-13H2,1-3H3. The van der Waals surface area contributed by atoms with Gasteiger partial charge in [0.15, 0.2) is 0 Å². The molecule has 0 aromatic heterocycles. The number of benzene rings is 2. The summed E-state index contributed by atoms with van der Waals surface area (Å²) < 4.78 is 0. The molecule has 0 heterocycles. The number of rotatable bonds is 5. The molecule has 1 unspecified atom stereocenters. The number of nitrogens with one attached hydrogen (secondary N) is 1. The number of hydrogen-bond acceptors (Lipinski definition) is 4. The molecule has 4 nitrogen and oxygen atoms in total. The van der Waals surface area contributed by atoms with E-state index in [1.165, 1.54) is 21.9 Å². The second-order valence-corrected chi connectivity index (χ2v) is 7.43. The highest BCUT2D eigenvalue weighted by molar-refractivity contribution is 6.08. The monoisotopic (exact) mass is 326 g/mol. The second kappa shape index (κ2) is 6.91. The highest BCUT2D eigenvalue weighted by Crippen LogP contribution is 2.30. The van der Waals surface area contributed by atoms with Gasteiger partial charge in [0.25, 0.3) is 0 Å². The lowest BCUT2D eigenvalue weighted by Gasteiger charge is -2.22. The fraction of sp³-hybridized carbons (Fsp3) is 0.450. The zero-order chi connectivity index (χ0) is 17.2. The Bertz CT molecular complexity index is 747. The number of aryl methyl sites for hydroxylation is 1. The molecule has 2 aromatic carbocycles. The zero-order valence-electron chi connectivity index (χ0n) is 14.7. The summed E-state index contributed by atoms with van der Waals surface area (Å²) in [7, 11) is 0. The first-order valence-electron chi connectivity index (χ1n) is 8.57. The van der Waals surface area contributed by atoms with Crippen molar-refractivity contribution in [2.75, 3.05) is 13.2 Å². The molecular weight excluding hydrogens is 300 g/mol. The molecule has 4 heteroatoms.